The molecule has 1 atom stereocenters. The minimum Gasteiger partial charge on any atom is -0.314 e. The number of nitrogens with one attached hydrogen (secondary N) is 1. The van der Waals surface area contributed by atoms with Crippen molar-refractivity contribution in [1.29, 1.82) is 0 Å². The first-order valence-corrected chi connectivity index (χ1v) is 8.46. The first-order valence-electron chi connectivity index (χ1n) is 8.46. The molecule has 0 aliphatic carbocycles. The summed E-state index contributed by atoms with van der Waals surface area (Å²) in [6.45, 7) is 17.9. The van der Waals surface area contributed by atoms with Gasteiger partial charge < -0.3 is 5.32 Å². The summed E-state index contributed by atoms with van der Waals surface area (Å²) in [6, 6.07) is 9.74. The third-order valence-electron chi connectivity index (χ3n) is 3.86. The van der Waals surface area contributed by atoms with Crippen LogP contribution in [-0.4, -0.2) is 30.6 Å². The van der Waals surface area contributed by atoms with E-state index in [-0.39, 0.29) is 0 Å². The normalized spacial score (nSPS) is 13.4. The van der Waals surface area contributed by atoms with Gasteiger partial charge in [-0.2, -0.15) is 0 Å². The van der Waals surface area contributed by atoms with Crippen LogP contribution in [0, 0.1) is 5.92 Å². The van der Waals surface area contributed by atoms with Crippen molar-refractivity contribution in [3.05, 3.63) is 35.4 Å². The van der Waals surface area contributed by atoms with Gasteiger partial charge in [0.15, 0.2) is 0 Å². The lowest BCUT2D eigenvalue weighted by atomic mass is 9.99. The molecule has 0 spiro atoms. The molecule has 1 aromatic carbocycles. The van der Waals surface area contributed by atoms with Gasteiger partial charge in [0.05, 0.1) is 0 Å². The van der Waals surface area contributed by atoms with Crippen molar-refractivity contribution < 1.29 is 0 Å². The minimum absolute atomic E-state index is 0.556. The van der Waals surface area contributed by atoms with Gasteiger partial charge in [0.1, 0.15) is 0 Å². The van der Waals surface area contributed by atoms with E-state index in [4.69, 9.17) is 0 Å². The second-order valence-corrected chi connectivity index (χ2v) is 6.93. The van der Waals surface area contributed by atoms with Gasteiger partial charge in [-0.15, -0.1) is 0 Å². The molecule has 0 fully saturated rings. The average molecular weight is 290 g/mol. The number of nitrogens with zero attached hydrogens (tertiary/aromatic N) is 1. The summed E-state index contributed by atoms with van der Waals surface area (Å²) in [6.07, 6.45) is 0. The zero-order chi connectivity index (χ0) is 15.8. The lowest BCUT2D eigenvalue weighted by molar-refractivity contribution is 0.248. The van der Waals surface area contributed by atoms with Gasteiger partial charge in [0.2, 0.25) is 0 Å². The summed E-state index contributed by atoms with van der Waals surface area (Å²) < 4.78 is 0. The van der Waals surface area contributed by atoms with Crippen LogP contribution in [0.15, 0.2) is 24.3 Å². The van der Waals surface area contributed by atoms with Gasteiger partial charge in [0, 0.05) is 25.7 Å². The molecule has 1 aromatic rings. The first kappa shape index (κ1) is 18.2. The number of rotatable bonds is 9. The Bertz CT molecular complexity index is 381. The molecule has 1 unspecified atom stereocenters. The monoisotopic (exact) mass is 290 g/mol. The number of benzene rings is 1. The van der Waals surface area contributed by atoms with E-state index in [1.165, 1.54) is 17.7 Å². The summed E-state index contributed by atoms with van der Waals surface area (Å²) in [4.78, 5) is 2.52. The second-order valence-electron chi connectivity index (χ2n) is 6.93. The van der Waals surface area contributed by atoms with E-state index in [0.29, 0.717) is 12.0 Å². The molecular formula is C19H34N2. The van der Waals surface area contributed by atoms with Crippen molar-refractivity contribution >= 4 is 0 Å². The van der Waals surface area contributed by atoms with E-state index in [0.717, 1.165) is 25.6 Å². The molecule has 0 saturated carbocycles. The van der Waals surface area contributed by atoms with E-state index in [2.05, 4.69) is 76.0 Å². The molecule has 0 aliphatic heterocycles. The maximum atomic E-state index is 3.51. The Labute approximate surface area is 131 Å². The van der Waals surface area contributed by atoms with E-state index in [9.17, 15) is 0 Å². The Kier molecular flexibility index (Phi) is 7.98. The summed E-state index contributed by atoms with van der Waals surface area (Å²) >= 11 is 0. The van der Waals surface area contributed by atoms with E-state index in [1.54, 1.807) is 0 Å². The van der Waals surface area contributed by atoms with Crippen molar-refractivity contribution in [3.63, 3.8) is 0 Å². The molecule has 21 heavy (non-hydrogen) atoms. The van der Waals surface area contributed by atoms with E-state index in [1.807, 2.05) is 0 Å². The van der Waals surface area contributed by atoms with Crippen LogP contribution in [-0.2, 0) is 6.54 Å². The van der Waals surface area contributed by atoms with Crippen LogP contribution < -0.4 is 5.32 Å². The number of hydrogen-bond acceptors (Lipinski definition) is 2. The Morgan fingerprint density at radius 1 is 1.00 bits per heavy atom. The van der Waals surface area contributed by atoms with Gasteiger partial charge in [-0.1, -0.05) is 65.8 Å². The predicted molar refractivity (Wildman–Crippen MR) is 93.8 cm³/mol. The average Bonchev–Trinajstić information content (AvgIpc) is 2.44. The minimum atomic E-state index is 0.556. The molecular weight excluding hydrogens is 256 g/mol. The van der Waals surface area contributed by atoms with E-state index >= 15 is 0 Å². The lowest BCUT2D eigenvalue weighted by Gasteiger charge is -2.23. The highest BCUT2D eigenvalue weighted by Gasteiger charge is 2.08. The second kappa shape index (κ2) is 9.22. The smallest absolute Gasteiger partial charge is 0.0233 e. The third-order valence-corrected chi connectivity index (χ3v) is 3.86. The van der Waals surface area contributed by atoms with E-state index < -0.39 is 0 Å². The van der Waals surface area contributed by atoms with Crippen molar-refractivity contribution in [1.82, 2.24) is 10.2 Å². The first-order chi connectivity index (χ1) is 9.92. The van der Waals surface area contributed by atoms with Crippen LogP contribution in [0.4, 0.5) is 0 Å². The van der Waals surface area contributed by atoms with Gasteiger partial charge in [-0.3, -0.25) is 4.90 Å². The van der Waals surface area contributed by atoms with Gasteiger partial charge in [0.25, 0.3) is 0 Å². The van der Waals surface area contributed by atoms with Crippen molar-refractivity contribution in [2.75, 3.05) is 19.6 Å². The van der Waals surface area contributed by atoms with Crippen molar-refractivity contribution in [2.24, 2.45) is 5.92 Å². The zero-order valence-electron chi connectivity index (χ0n) is 14.8. The Hall–Kier alpha value is -0.860. The van der Waals surface area contributed by atoms with Crippen LogP contribution >= 0.6 is 0 Å². The Morgan fingerprint density at radius 3 is 2.10 bits per heavy atom. The molecule has 0 amide bonds. The maximum Gasteiger partial charge on any atom is 0.0233 e. The molecule has 1 N–H and O–H groups in total. The molecule has 1 rings (SSSR count). The van der Waals surface area contributed by atoms with Gasteiger partial charge in [-0.05, 0) is 29.5 Å². The maximum absolute atomic E-state index is 3.51. The SMILES string of the molecule is CCN(Cc1ccc(C(C)CNC(C)C)cc1)CC(C)C. The number of hydrogen-bond donors (Lipinski definition) is 1. The summed E-state index contributed by atoms with van der Waals surface area (Å²) in [5.41, 5.74) is 2.85. The quantitative estimate of drug-likeness (QED) is 0.731. The Balaban J connectivity index is 2.56. The van der Waals surface area contributed by atoms with Crippen LogP contribution in [0.1, 0.15) is 58.6 Å². The zero-order valence-corrected chi connectivity index (χ0v) is 14.8. The van der Waals surface area contributed by atoms with Crippen LogP contribution in [0.5, 0.6) is 0 Å². The molecule has 0 radical (unpaired) electrons. The molecule has 2 heteroatoms. The fourth-order valence-corrected chi connectivity index (χ4v) is 2.56. The lowest BCUT2D eigenvalue weighted by Crippen LogP contribution is -2.27. The molecule has 2 nitrogen and oxygen atoms in total. The highest BCUT2D eigenvalue weighted by atomic mass is 15.1. The fraction of sp³-hybridized carbons (Fsp3) is 0.684. The molecule has 0 aliphatic rings. The van der Waals surface area contributed by atoms with Crippen LogP contribution in [0.3, 0.4) is 0 Å². The third kappa shape index (κ3) is 7.10. The summed E-state index contributed by atoms with van der Waals surface area (Å²) in [5.74, 6) is 1.30. The van der Waals surface area contributed by atoms with Crippen LogP contribution in [0.25, 0.3) is 0 Å². The summed E-state index contributed by atoms with van der Waals surface area (Å²) in [5, 5.41) is 3.51. The molecule has 0 bridgehead atoms. The van der Waals surface area contributed by atoms with Gasteiger partial charge in [-0.25, -0.2) is 0 Å². The van der Waals surface area contributed by atoms with Crippen LogP contribution in [0.2, 0.25) is 0 Å². The molecule has 0 heterocycles. The topological polar surface area (TPSA) is 15.3 Å². The van der Waals surface area contributed by atoms with Crippen molar-refractivity contribution in [3.8, 4) is 0 Å². The van der Waals surface area contributed by atoms with Crippen molar-refractivity contribution in [2.45, 2.75) is 60.0 Å². The predicted octanol–water partition coefficient (Wildman–Crippen LogP) is 4.27. The standard InChI is InChI=1S/C19H34N2/c1-7-21(13-15(2)3)14-18-8-10-19(11-9-18)17(6)12-20-16(4)5/h8-11,15-17,20H,7,12-14H2,1-6H3. The fourth-order valence-electron chi connectivity index (χ4n) is 2.56. The molecule has 0 aromatic heterocycles. The molecule has 0 saturated heterocycles. The largest absolute Gasteiger partial charge is 0.314 e. The summed E-state index contributed by atoms with van der Waals surface area (Å²) in [7, 11) is 0. The highest BCUT2D eigenvalue weighted by Crippen LogP contribution is 2.16. The highest BCUT2D eigenvalue weighted by molar-refractivity contribution is 5.25. The Morgan fingerprint density at radius 2 is 1.62 bits per heavy atom. The van der Waals surface area contributed by atoms with Gasteiger partial charge >= 0.3 is 0 Å². The molecule has 120 valence electrons.